The van der Waals surface area contributed by atoms with Gasteiger partial charge in [-0.25, -0.2) is 9.18 Å². The monoisotopic (exact) mass is 358 g/mol. The van der Waals surface area contributed by atoms with Gasteiger partial charge in [0.1, 0.15) is 11.5 Å². The van der Waals surface area contributed by atoms with Crippen LogP contribution >= 0.6 is 23.2 Å². The number of methoxy groups -OCH3 is 2. The van der Waals surface area contributed by atoms with Gasteiger partial charge < -0.3 is 20.1 Å². The fourth-order valence-corrected chi connectivity index (χ4v) is 2.52. The summed E-state index contributed by atoms with van der Waals surface area (Å²) in [7, 11) is 2.80. The zero-order valence-electron chi connectivity index (χ0n) is 12.2. The maximum Gasteiger partial charge on any atom is 0.323 e. The van der Waals surface area contributed by atoms with Gasteiger partial charge in [-0.1, -0.05) is 23.2 Å². The van der Waals surface area contributed by atoms with Gasteiger partial charge in [0, 0.05) is 5.69 Å². The van der Waals surface area contributed by atoms with Crippen LogP contribution in [0, 0.1) is 5.82 Å². The van der Waals surface area contributed by atoms with Crippen LogP contribution in [0.15, 0.2) is 30.3 Å². The van der Waals surface area contributed by atoms with Gasteiger partial charge in [-0.3, -0.25) is 0 Å². The molecule has 23 heavy (non-hydrogen) atoms. The molecule has 2 aromatic rings. The molecule has 5 nitrogen and oxygen atoms in total. The molecule has 2 N–H and O–H groups in total. The Labute approximate surface area is 142 Å². The van der Waals surface area contributed by atoms with Crippen molar-refractivity contribution in [3.05, 3.63) is 46.2 Å². The van der Waals surface area contributed by atoms with Gasteiger partial charge in [0.25, 0.3) is 0 Å². The number of benzene rings is 2. The molecule has 122 valence electrons. The summed E-state index contributed by atoms with van der Waals surface area (Å²) in [6, 6.07) is 6.17. The average molecular weight is 359 g/mol. The minimum Gasteiger partial charge on any atom is -0.493 e. The second kappa shape index (κ2) is 7.39. The van der Waals surface area contributed by atoms with Crippen molar-refractivity contribution in [2.45, 2.75) is 0 Å². The summed E-state index contributed by atoms with van der Waals surface area (Å²) >= 11 is 12.1. The minimum atomic E-state index is -0.591. The molecule has 8 heteroatoms. The molecule has 0 aromatic heterocycles. The molecule has 0 spiro atoms. The molecule has 0 aliphatic rings. The number of carbonyl (C=O) groups excluding carboxylic acids is 1. The molecule has 0 unspecified atom stereocenters. The molecule has 0 radical (unpaired) electrons. The van der Waals surface area contributed by atoms with Crippen LogP contribution in [0.5, 0.6) is 11.5 Å². The molecule has 0 saturated carbocycles. The first-order valence-corrected chi connectivity index (χ1v) is 7.15. The van der Waals surface area contributed by atoms with Crippen LogP contribution in [0.1, 0.15) is 0 Å². The summed E-state index contributed by atoms with van der Waals surface area (Å²) < 4.78 is 23.2. The van der Waals surface area contributed by atoms with Gasteiger partial charge in [0.05, 0.1) is 24.3 Å². The summed E-state index contributed by atoms with van der Waals surface area (Å²) in [6.45, 7) is 0. The molecule has 0 atom stereocenters. The van der Waals surface area contributed by atoms with Crippen LogP contribution in [0.4, 0.5) is 20.6 Å². The largest absolute Gasteiger partial charge is 0.493 e. The standard InChI is InChI=1S/C15H13Cl2FN2O3/c1-22-13-10(16)7-11(17)14(23-2)12(13)20-15(21)19-9-5-3-8(18)4-6-9/h3-7H,1-2H3,(H2,19,20,21). The van der Waals surface area contributed by atoms with Crippen LogP contribution in [0.2, 0.25) is 10.0 Å². The third kappa shape index (κ3) is 3.97. The lowest BCUT2D eigenvalue weighted by Crippen LogP contribution is -2.20. The van der Waals surface area contributed by atoms with E-state index < -0.39 is 11.8 Å². The highest BCUT2D eigenvalue weighted by Gasteiger charge is 2.20. The normalized spacial score (nSPS) is 10.1. The van der Waals surface area contributed by atoms with Crippen molar-refractivity contribution in [3.8, 4) is 11.5 Å². The number of urea groups is 1. The second-order valence-electron chi connectivity index (χ2n) is 4.37. The van der Waals surface area contributed by atoms with E-state index in [1.807, 2.05) is 0 Å². The zero-order valence-corrected chi connectivity index (χ0v) is 13.8. The zero-order chi connectivity index (χ0) is 17.0. The van der Waals surface area contributed by atoms with Crippen molar-refractivity contribution < 1.29 is 18.7 Å². The number of hydrogen-bond donors (Lipinski definition) is 2. The van der Waals surface area contributed by atoms with E-state index in [2.05, 4.69) is 10.6 Å². The van der Waals surface area contributed by atoms with Crippen LogP contribution in [-0.4, -0.2) is 20.3 Å². The van der Waals surface area contributed by atoms with E-state index in [1.54, 1.807) is 0 Å². The Kier molecular flexibility index (Phi) is 5.52. The number of ether oxygens (including phenoxy) is 2. The summed E-state index contributed by atoms with van der Waals surface area (Å²) in [5.74, 6) is 0.0188. The van der Waals surface area contributed by atoms with Gasteiger partial charge in [0.15, 0.2) is 11.5 Å². The first-order chi connectivity index (χ1) is 11.0. The van der Waals surface area contributed by atoms with Crippen LogP contribution in [-0.2, 0) is 0 Å². The number of carbonyl (C=O) groups is 1. The molecule has 2 rings (SSSR count). The quantitative estimate of drug-likeness (QED) is 0.825. The molecule has 2 aromatic carbocycles. The number of nitrogens with one attached hydrogen (secondary N) is 2. The lowest BCUT2D eigenvalue weighted by Gasteiger charge is -2.17. The number of halogens is 3. The maximum absolute atomic E-state index is 12.9. The van der Waals surface area contributed by atoms with E-state index in [9.17, 15) is 9.18 Å². The van der Waals surface area contributed by atoms with Gasteiger partial charge >= 0.3 is 6.03 Å². The van der Waals surface area contributed by atoms with E-state index in [0.29, 0.717) is 5.69 Å². The first kappa shape index (κ1) is 17.2. The molecule has 2 amide bonds. The summed E-state index contributed by atoms with van der Waals surface area (Å²) in [4.78, 5) is 12.1. The van der Waals surface area contributed by atoms with E-state index in [1.165, 1.54) is 44.6 Å². The van der Waals surface area contributed by atoms with Gasteiger partial charge in [-0.2, -0.15) is 0 Å². The van der Waals surface area contributed by atoms with E-state index in [0.717, 1.165) is 0 Å². The SMILES string of the molecule is COc1c(Cl)cc(Cl)c(OC)c1NC(=O)Nc1ccc(F)cc1. The molecule has 0 aliphatic carbocycles. The third-order valence-electron chi connectivity index (χ3n) is 2.89. The molecule has 0 aliphatic heterocycles. The maximum atomic E-state index is 12.9. The van der Waals surface area contributed by atoms with E-state index >= 15 is 0 Å². The van der Waals surface area contributed by atoms with E-state index in [-0.39, 0.29) is 27.2 Å². The number of amides is 2. The predicted octanol–water partition coefficient (Wildman–Crippen LogP) is 4.79. The lowest BCUT2D eigenvalue weighted by atomic mass is 10.2. The highest BCUT2D eigenvalue weighted by atomic mass is 35.5. The van der Waals surface area contributed by atoms with Crippen LogP contribution < -0.4 is 20.1 Å². The Morgan fingerprint density at radius 1 is 1.00 bits per heavy atom. The fourth-order valence-electron chi connectivity index (χ4n) is 1.91. The van der Waals surface area contributed by atoms with Crippen molar-refractivity contribution >= 4 is 40.6 Å². The Hall–Kier alpha value is -2.18. The minimum absolute atomic E-state index is 0.187. The van der Waals surface area contributed by atoms with E-state index in [4.69, 9.17) is 32.7 Å². The first-order valence-electron chi connectivity index (χ1n) is 6.39. The number of rotatable bonds is 4. The Morgan fingerprint density at radius 2 is 1.52 bits per heavy atom. The van der Waals surface area contributed by atoms with Gasteiger partial charge in [0.2, 0.25) is 0 Å². The van der Waals surface area contributed by atoms with Crippen molar-refractivity contribution in [2.75, 3.05) is 24.9 Å². The fraction of sp³-hybridized carbons (Fsp3) is 0.133. The molecule has 0 fully saturated rings. The van der Waals surface area contributed by atoms with Crippen molar-refractivity contribution in [1.29, 1.82) is 0 Å². The lowest BCUT2D eigenvalue weighted by molar-refractivity contribution is 0.262. The summed E-state index contributed by atoms with van der Waals surface area (Å²) in [6.07, 6.45) is 0. The van der Waals surface area contributed by atoms with Crippen LogP contribution in [0.25, 0.3) is 0 Å². The Morgan fingerprint density at radius 3 is 2.00 bits per heavy atom. The molecule has 0 bridgehead atoms. The highest BCUT2D eigenvalue weighted by Crippen LogP contribution is 2.45. The Bertz CT molecular complexity index is 695. The molecule has 0 saturated heterocycles. The third-order valence-corrected chi connectivity index (χ3v) is 3.45. The summed E-state index contributed by atoms with van der Waals surface area (Å²) in [5, 5.41) is 5.54. The topological polar surface area (TPSA) is 59.6 Å². The van der Waals surface area contributed by atoms with Crippen molar-refractivity contribution in [2.24, 2.45) is 0 Å². The Balaban J connectivity index is 2.27. The molecular formula is C15H13Cl2FN2O3. The summed E-state index contributed by atoms with van der Waals surface area (Å²) in [5.41, 5.74) is 0.599. The second-order valence-corrected chi connectivity index (χ2v) is 5.18. The van der Waals surface area contributed by atoms with Crippen molar-refractivity contribution in [3.63, 3.8) is 0 Å². The van der Waals surface area contributed by atoms with Gasteiger partial charge in [-0.15, -0.1) is 0 Å². The molecule has 0 heterocycles. The number of anilines is 2. The number of hydrogen-bond acceptors (Lipinski definition) is 3. The average Bonchev–Trinajstić information content (AvgIpc) is 2.50. The predicted molar refractivity (Wildman–Crippen MR) is 88.6 cm³/mol. The van der Waals surface area contributed by atoms with Crippen LogP contribution in [0.3, 0.4) is 0 Å². The van der Waals surface area contributed by atoms with Gasteiger partial charge in [-0.05, 0) is 30.3 Å². The smallest absolute Gasteiger partial charge is 0.323 e. The highest BCUT2D eigenvalue weighted by molar-refractivity contribution is 6.37. The van der Waals surface area contributed by atoms with Crippen molar-refractivity contribution in [1.82, 2.24) is 0 Å². The molecular weight excluding hydrogens is 346 g/mol.